The summed E-state index contributed by atoms with van der Waals surface area (Å²) >= 11 is 0. The molecular formula is C24H33NO7. The van der Waals surface area contributed by atoms with Gasteiger partial charge in [0.25, 0.3) is 0 Å². The minimum absolute atomic E-state index is 0.0518. The van der Waals surface area contributed by atoms with Crippen LogP contribution in [0.15, 0.2) is 54.6 Å². The van der Waals surface area contributed by atoms with Gasteiger partial charge in [-0.25, -0.2) is 0 Å². The van der Waals surface area contributed by atoms with Crippen LogP contribution >= 0.6 is 0 Å². The van der Waals surface area contributed by atoms with Crippen molar-refractivity contribution in [1.29, 1.82) is 0 Å². The molecule has 1 fully saturated rings. The van der Waals surface area contributed by atoms with E-state index in [4.69, 9.17) is 14.2 Å². The number of nitrogens with one attached hydrogen (secondary N) is 1. The number of rotatable bonds is 11. The molecule has 1 saturated heterocycles. The zero-order valence-corrected chi connectivity index (χ0v) is 18.2. The third-order valence-corrected chi connectivity index (χ3v) is 5.55. The Hall–Kier alpha value is -2.04. The molecule has 0 amide bonds. The van der Waals surface area contributed by atoms with Crippen LogP contribution < -0.4 is 10.1 Å². The molecule has 8 heteroatoms. The normalized spacial score (nSPS) is 26.6. The minimum Gasteiger partial charge on any atom is -0.486 e. The molecule has 1 aliphatic heterocycles. The van der Waals surface area contributed by atoms with Gasteiger partial charge >= 0.3 is 0 Å². The van der Waals surface area contributed by atoms with Crippen molar-refractivity contribution in [1.82, 2.24) is 5.32 Å². The summed E-state index contributed by atoms with van der Waals surface area (Å²) in [5, 5.41) is 42.1. The molecule has 3 rings (SSSR count). The molecule has 0 bridgehead atoms. The van der Waals surface area contributed by atoms with Crippen molar-refractivity contribution in [2.75, 3.05) is 26.8 Å². The van der Waals surface area contributed by atoms with Crippen molar-refractivity contribution in [2.24, 2.45) is 0 Å². The first-order valence-electron chi connectivity index (χ1n) is 10.9. The van der Waals surface area contributed by atoms with E-state index in [9.17, 15) is 20.4 Å². The van der Waals surface area contributed by atoms with E-state index in [1.807, 2.05) is 49.5 Å². The SMILES string of the molecule is CNCCC(Oc1ccc(CCO[C@@H]2O[C@H](CO)[C@@H](O)[C@H](O)[C@H]2O)cc1)c1ccccc1. The van der Waals surface area contributed by atoms with Crippen LogP contribution in [0, 0.1) is 0 Å². The Bertz CT molecular complexity index is 787. The summed E-state index contributed by atoms with van der Waals surface area (Å²) < 4.78 is 17.1. The largest absolute Gasteiger partial charge is 0.486 e. The van der Waals surface area contributed by atoms with Crippen LogP contribution in [0.4, 0.5) is 0 Å². The minimum atomic E-state index is -1.44. The van der Waals surface area contributed by atoms with Crippen molar-refractivity contribution >= 4 is 0 Å². The van der Waals surface area contributed by atoms with Crippen LogP contribution in [0.1, 0.15) is 23.7 Å². The molecule has 6 atom stereocenters. The quantitative estimate of drug-likeness (QED) is 0.343. The lowest BCUT2D eigenvalue weighted by Gasteiger charge is -2.39. The Kier molecular flexibility index (Phi) is 9.43. The molecule has 0 saturated carbocycles. The van der Waals surface area contributed by atoms with Gasteiger partial charge in [0.05, 0.1) is 13.2 Å². The fourth-order valence-corrected chi connectivity index (χ4v) is 3.63. The summed E-state index contributed by atoms with van der Waals surface area (Å²) in [4.78, 5) is 0. The zero-order valence-electron chi connectivity index (χ0n) is 18.2. The van der Waals surface area contributed by atoms with Gasteiger partial charge in [0.15, 0.2) is 6.29 Å². The van der Waals surface area contributed by atoms with Gasteiger partial charge in [-0.15, -0.1) is 0 Å². The van der Waals surface area contributed by atoms with E-state index in [1.54, 1.807) is 0 Å². The number of ether oxygens (including phenoxy) is 3. The molecule has 0 aliphatic carbocycles. The van der Waals surface area contributed by atoms with Crippen LogP contribution in [0.2, 0.25) is 0 Å². The van der Waals surface area contributed by atoms with E-state index in [0.717, 1.165) is 29.8 Å². The Morgan fingerprint density at radius 1 is 0.969 bits per heavy atom. The summed E-state index contributed by atoms with van der Waals surface area (Å²) in [6.45, 7) is 0.592. The topological polar surface area (TPSA) is 121 Å². The first-order valence-corrected chi connectivity index (χ1v) is 10.9. The first kappa shape index (κ1) is 24.6. The van der Waals surface area contributed by atoms with Gasteiger partial charge in [-0.2, -0.15) is 0 Å². The molecule has 2 aromatic carbocycles. The average molecular weight is 448 g/mol. The number of aliphatic hydroxyl groups excluding tert-OH is 4. The predicted molar refractivity (Wildman–Crippen MR) is 118 cm³/mol. The summed E-state index contributed by atoms with van der Waals surface area (Å²) in [5.41, 5.74) is 2.13. The van der Waals surface area contributed by atoms with E-state index in [-0.39, 0.29) is 12.7 Å². The Labute approximate surface area is 188 Å². The van der Waals surface area contributed by atoms with Crippen molar-refractivity contribution in [2.45, 2.75) is 49.7 Å². The third-order valence-electron chi connectivity index (χ3n) is 5.55. The Balaban J connectivity index is 1.52. The highest BCUT2D eigenvalue weighted by molar-refractivity contribution is 5.29. The second-order valence-corrected chi connectivity index (χ2v) is 7.87. The van der Waals surface area contributed by atoms with Gasteiger partial charge in [0.2, 0.25) is 0 Å². The molecule has 1 unspecified atom stereocenters. The maximum absolute atomic E-state index is 10.0. The van der Waals surface area contributed by atoms with Gasteiger partial charge in [0, 0.05) is 6.42 Å². The maximum Gasteiger partial charge on any atom is 0.186 e. The molecule has 0 spiro atoms. The third kappa shape index (κ3) is 6.49. The van der Waals surface area contributed by atoms with E-state index in [0.29, 0.717) is 6.42 Å². The highest BCUT2D eigenvalue weighted by atomic mass is 16.7. The van der Waals surface area contributed by atoms with Gasteiger partial charge < -0.3 is 40.0 Å². The van der Waals surface area contributed by atoms with E-state index >= 15 is 0 Å². The van der Waals surface area contributed by atoms with E-state index < -0.39 is 37.3 Å². The summed E-state index contributed by atoms with van der Waals surface area (Å²) in [7, 11) is 1.92. The fraction of sp³-hybridized carbons (Fsp3) is 0.500. The monoisotopic (exact) mass is 447 g/mol. The average Bonchev–Trinajstić information content (AvgIpc) is 2.83. The molecule has 1 aliphatic rings. The van der Waals surface area contributed by atoms with E-state index in [1.165, 1.54) is 0 Å². The van der Waals surface area contributed by atoms with Gasteiger partial charge in [-0.05, 0) is 43.3 Å². The molecule has 8 nitrogen and oxygen atoms in total. The van der Waals surface area contributed by atoms with Crippen molar-refractivity contribution < 1.29 is 34.6 Å². The summed E-state index contributed by atoms with van der Waals surface area (Å²) in [6, 6.07) is 17.8. The smallest absolute Gasteiger partial charge is 0.186 e. The van der Waals surface area contributed by atoms with Gasteiger partial charge in [0.1, 0.15) is 36.3 Å². The van der Waals surface area contributed by atoms with Crippen LogP contribution in [0.5, 0.6) is 5.75 Å². The lowest BCUT2D eigenvalue weighted by Crippen LogP contribution is -2.59. The summed E-state index contributed by atoms with van der Waals surface area (Å²) in [5.74, 6) is 0.772. The first-order chi connectivity index (χ1) is 15.5. The van der Waals surface area contributed by atoms with Crippen molar-refractivity contribution in [3.05, 3.63) is 65.7 Å². The lowest BCUT2D eigenvalue weighted by molar-refractivity contribution is -0.300. The molecule has 176 valence electrons. The van der Waals surface area contributed by atoms with Crippen LogP contribution in [0.25, 0.3) is 0 Å². The maximum atomic E-state index is 10.0. The number of benzene rings is 2. The number of aliphatic hydroxyl groups is 4. The van der Waals surface area contributed by atoms with Crippen LogP contribution in [-0.4, -0.2) is 77.9 Å². The van der Waals surface area contributed by atoms with Gasteiger partial charge in [-0.3, -0.25) is 0 Å². The predicted octanol–water partition coefficient (Wildman–Crippen LogP) is 0.775. The number of hydrogen-bond acceptors (Lipinski definition) is 8. The molecular weight excluding hydrogens is 414 g/mol. The molecule has 2 aromatic rings. The second-order valence-electron chi connectivity index (χ2n) is 7.87. The highest BCUT2D eigenvalue weighted by Gasteiger charge is 2.43. The van der Waals surface area contributed by atoms with Crippen molar-refractivity contribution in [3.8, 4) is 5.75 Å². The molecule has 1 heterocycles. The van der Waals surface area contributed by atoms with Crippen LogP contribution in [0.3, 0.4) is 0 Å². The van der Waals surface area contributed by atoms with Gasteiger partial charge in [-0.1, -0.05) is 42.5 Å². The lowest BCUT2D eigenvalue weighted by atomic mass is 9.99. The fourth-order valence-electron chi connectivity index (χ4n) is 3.63. The Morgan fingerprint density at radius 2 is 1.69 bits per heavy atom. The molecule has 0 radical (unpaired) electrons. The number of hydrogen-bond donors (Lipinski definition) is 5. The molecule has 0 aromatic heterocycles. The summed E-state index contributed by atoms with van der Waals surface area (Å²) in [6.07, 6.45) is -4.98. The Morgan fingerprint density at radius 3 is 2.34 bits per heavy atom. The molecule has 32 heavy (non-hydrogen) atoms. The second kappa shape index (κ2) is 12.3. The van der Waals surface area contributed by atoms with Crippen LogP contribution in [-0.2, 0) is 15.9 Å². The molecule has 5 N–H and O–H groups in total. The highest BCUT2D eigenvalue weighted by Crippen LogP contribution is 2.25. The zero-order chi connectivity index (χ0) is 22.9. The van der Waals surface area contributed by atoms with E-state index in [2.05, 4.69) is 17.4 Å². The van der Waals surface area contributed by atoms with Crippen molar-refractivity contribution in [3.63, 3.8) is 0 Å². The standard InChI is InChI=1S/C24H33NO7/c1-25-13-11-19(17-5-3-2-4-6-17)31-18-9-7-16(8-10-18)12-14-30-24-23(29)22(28)21(27)20(15-26)32-24/h2-10,19-29H,11-15H2,1H3/t19?,20-,21-,22+,23-,24-/m1/s1.